The number of nitrogens with zero attached hydrogens (tertiary/aromatic N) is 4. The molecule has 0 saturated heterocycles. The maximum atomic E-state index is 14.6. The van der Waals surface area contributed by atoms with Crippen molar-refractivity contribution in [2.45, 2.75) is 31.7 Å². The minimum atomic E-state index is -1.88. The zero-order valence-electron chi connectivity index (χ0n) is 15.5. The molecule has 2 aromatic heterocycles. The molecule has 11 heteroatoms. The van der Waals surface area contributed by atoms with Gasteiger partial charge in [-0.3, -0.25) is 5.01 Å². The fourth-order valence-electron chi connectivity index (χ4n) is 2.92. The smallest absolute Gasteiger partial charge is 0.183 e. The van der Waals surface area contributed by atoms with Crippen LogP contribution in [0.3, 0.4) is 0 Å². The summed E-state index contributed by atoms with van der Waals surface area (Å²) in [6, 6.07) is 5.94. The van der Waals surface area contributed by atoms with Gasteiger partial charge in [-0.15, -0.1) is 11.3 Å². The molecule has 3 aromatic rings. The van der Waals surface area contributed by atoms with Gasteiger partial charge in [-0.1, -0.05) is 12.1 Å². The van der Waals surface area contributed by atoms with Crippen molar-refractivity contribution >= 4 is 28.7 Å². The van der Waals surface area contributed by atoms with Gasteiger partial charge < -0.3 is 10.4 Å². The molecule has 0 unspecified atom stereocenters. The monoisotopic (exact) mass is 438 g/mol. The molecule has 4 N–H and O–H groups in total. The average molecular weight is 439 g/mol. The van der Waals surface area contributed by atoms with Crippen LogP contribution in [0.2, 0.25) is 0 Å². The normalized spacial score (nSPS) is 14.2. The highest BCUT2D eigenvalue weighted by Gasteiger charge is 2.42. The first-order chi connectivity index (χ1) is 13.8. The van der Waals surface area contributed by atoms with Gasteiger partial charge in [0.25, 0.3) is 0 Å². The molecule has 0 radical (unpaired) electrons. The summed E-state index contributed by atoms with van der Waals surface area (Å²) in [6.07, 6.45) is 2.67. The van der Waals surface area contributed by atoms with Crippen LogP contribution in [-0.2, 0) is 18.7 Å². The number of aromatic nitrogens is 3. The summed E-state index contributed by atoms with van der Waals surface area (Å²) in [5.41, 5.74) is -2.01. The number of aliphatic hydroxyl groups is 1. The number of thiocarbonyl (C=S) groups is 1. The highest BCUT2D eigenvalue weighted by Crippen LogP contribution is 2.32. The van der Waals surface area contributed by atoms with E-state index in [0.29, 0.717) is 12.6 Å². The van der Waals surface area contributed by atoms with E-state index in [1.54, 1.807) is 18.3 Å². The third kappa shape index (κ3) is 4.75. The fraction of sp³-hybridized carbons (Fsp3) is 0.278. The molecule has 154 valence electrons. The predicted molar refractivity (Wildman–Crippen MR) is 110 cm³/mol. The van der Waals surface area contributed by atoms with Crippen molar-refractivity contribution in [1.29, 1.82) is 0 Å². The van der Waals surface area contributed by atoms with Crippen LogP contribution in [0.4, 0.5) is 8.78 Å². The minimum Gasteiger partial charge on any atom is -0.381 e. The highest BCUT2D eigenvalue weighted by molar-refractivity contribution is 7.80. The van der Waals surface area contributed by atoms with Crippen LogP contribution in [0.1, 0.15) is 17.4 Å². The van der Waals surface area contributed by atoms with E-state index in [1.807, 2.05) is 17.5 Å². The quantitative estimate of drug-likeness (QED) is 0.296. The van der Waals surface area contributed by atoms with E-state index >= 15 is 0 Å². The Kier molecular flexibility index (Phi) is 6.52. The van der Waals surface area contributed by atoms with Crippen LogP contribution >= 0.6 is 23.6 Å². The van der Waals surface area contributed by atoms with Crippen LogP contribution in [0.15, 0.2) is 48.4 Å². The summed E-state index contributed by atoms with van der Waals surface area (Å²) in [4.78, 5) is 4.89. The van der Waals surface area contributed by atoms with Gasteiger partial charge in [-0.05, 0) is 36.7 Å². The van der Waals surface area contributed by atoms with Crippen molar-refractivity contribution in [1.82, 2.24) is 25.1 Å². The number of nitrogens with two attached hydrogens (primary N) is 1. The second kappa shape index (κ2) is 8.91. The lowest BCUT2D eigenvalue weighted by Crippen LogP contribution is -2.58. The zero-order valence-corrected chi connectivity index (χ0v) is 17.1. The molecule has 0 bridgehead atoms. The lowest BCUT2D eigenvalue weighted by Gasteiger charge is -2.40. The Morgan fingerprint density at radius 1 is 1.45 bits per heavy atom. The Morgan fingerprint density at radius 3 is 2.86 bits per heavy atom. The number of benzene rings is 1. The molecular weight excluding hydrogens is 418 g/mol. The van der Waals surface area contributed by atoms with Gasteiger partial charge in [0, 0.05) is 16.5 Å². The molecule has 0 spiro atoms. The van der Waals surface area contributed by atoms with Gasteiger partial charge in [0.2, 0.25) is 0 Å². The van der Waals surface area contributed by atoms with Crippen molar-refractivity contribution in [3.05, 3.63) is 70.4 Å². The second-order valence-electron chi connectivity index (χ2n) is 6.46. The Labute approximate surface area is 175 Å². The number of rotatable bonds is 7. The topological polar surface area (TPSA) is 92.2 Å². The van der Waals surface area contributed by atoms with E-state index in [2.05, 4.69) is 15.4 Å². The van der Waals surface area contributed by atoms with E-state index in [1.165, 1.54) is 23.4 Å². The molecule has 0 fully saturated rings. The van der Waals surface area contributed by atoms with Gasteiger partial charge in [0.1, 0.15) is 29.9 Å². The van der Waals surface area contributed by atoms with Gasteiger partial charge in [-0.2, -0.15) is 5.10 Å². The molecule has 0 aliphatic carbocycles. The fourth-order valence-corrected chi connectivity index (χ4v) is 3.79. The van der Waals surface area contributed by atoms with Crippen molar-refractivity contribution in [2.75, 3.05) is 0 Å². The minimum absolute atomic E-state index is 0.126. The average Bonchev–Trinajstić information content (AvgIpc) is 3.38. The molecule has 3 rings (SSSR count). The van der Waals surface area contributed by atoms with E-state index in [0.717, 1.165) is 16.0 Å². The molecule has 7 nitrogen and oxygen atoms in total. The van der Waals surface area contributed by atoms with Gasteiger partial charge in [0.15, 0.2) is 5.11 Å². The molecule has 29 heavy (non-hydrogen) atoms. The summed E-state index contributed by atoms with van der Waals surface area (Å²) >= 11 is 6.90. The van der Waals surface area contributed by atoms with Crippen LogP contribution < -0.4 is 11.2 Å². The molecule has 0 saturated carbocycles. The van der Waals surface area contributed by atoms with Crippen molar-refractivity contribution in [2.24, 2.45) is 5.84 Å². The molecule has 0 aliphatic heterocycles. The molecule has 2 heterocycles. The Balaban J connectivity index is 1.86. The molecule has 1 aromatic carbocycles. The standard InChI is InChI=1S/C18H20F2N6OS2/c1-12(26(21)17(28)23-8-14-3-2-6-29-14)18(27,9-25-11-22-10-24-25)15-5-4-13(19)7-16(15)20/h2-7,10-12,27H,8-9,21H2,1H3,(H,23,28)/t12-,18-/m1/s1. The first-order valence-electron chi connectivity index (χ1n) is 8.65. The van der Waals surface area contributed by atoms with E-state index in [9.17, 15) is 13.9 Å². The van der Waals surface area contributed by atoms with Crippen molar-refractivity contribution < 1.29 is 13.9 Å². The summed E-state index contributed by atoms with van der Waals surface area (Å²) in [7, 11) is 0. The van der Waals surface area contributed by atoms with E-state index < -0.39 is 23.3 Å². The molecular formula is C18H20F2N6OS2. The predicted octanol–water partition coefficient (Wildman–Crippen LogP) is 2.14. The number of halogens is 2. The van der Waals surface area contributed by atoms with Crippen LogP contribution in [0.25, 0.3) is 0 Å². The molecule has 2 atom stereocenters. The third-order valence-electron chi connectivity index (χ3n) is 4.60. The number of hydrazine groups is 1. The SMILES string of the molecule is C[C@@H](N(N)C(=S)NCc1cccs1)[C@](O)(Cn1cncn1)c1ccc(F)cc1F. The van der Waals surface area contributed by atoms with Crippen molar-refractivity contribution in [3.63, 3.8) is 0 Å². The largest absolute Gasteiger partial charge is 0.381 e. The van der Waals surface area contributed by atoms with Crippen molar-refractivity contribution in [3.8, 4) is 0 Å². The first-order valence-corrected chi connectivity index (χ1v) is 9.94. The highest BCUT2D eigenvalue weighted by atomic mass is 32.1. The number of hydrogen-bond donors (Lipinski definition) is 3. The zero-order chi connectivity index (χ0) is 21.0. The van der Waals surface area contributed by atoms with Gasteiger partial charge in [-0.25, -0.2) is 24.3 Å². The maximum absolute atomic E-state index is 14.6. The van der Waals surface area contributed by atoms with Gasteiger partial charge in [0.05, 0.1) is 19.1 Å². The molecule has 0 amide bonds. The van der Waals surface area contributed by atoms with Gasteiger partial charge >= 0.3 is 0 Å². The Morgan fingerprint density at radius 2 is 2.24 bits per heavy atom. The van der Waals surface area contributed by atoms with Crippen LogP contribution in [-0.4, -0.2) is 36.0 Å². The number of nitrogens with one attached hydrogen (secondary N) is 1. The maximum Gasteiger partial charge on any atom is 0.183 e. The third-order valence-corrected chi connectivity index (χ3v) is 5.84. The second-order valence-corrected chi connectivity index (χ2v) is 7.88. The van der Waals surface area contributed by atoms with E-state index in [4.69, 9.17) is 18.1 Å². The lowest BCUT2D eigenvalue weighted by atomic mass is 9.86. The van der Waals surface area contributed by atoms with Crippen LogP contribution in [0, 0.1) is 11.6 Å². The Bertz CT molecular complexity index is 953. The number of hydrogen-bond acceptors (Lipinski definition) is 6. The number of thiophene rings is 1. The van der Waals surface area contributed by atoms with Crippen LogP contribution in [0.5, 0.6) is 0 Å². The summed E-state index contributed by atoms with van der Waals surface area (Å²) < 4.78 is 29.3. The Hall–Kier alpha value is -2.47. The molecule has 0 aliphatic rings. The summed E-state index contributed by atoms with van der Waals surface area (Å²) in [5, 5.41) is 21.8. The lowest BCUT2D eigenvalue weighted by molar-refractivity contribution is -0.0464. The van der Waals surface area contributed by atoms with E-state index in [-0.39, 0.29) is 17.2 Å². The summed E-state index contributed by atoms with van der Waals surface area (Å²) in [6.45, 7) is 1.89. The first kappa shape index (κ1) is 21.2. The summed E-state index contributed by atoms with van der Waals surface area (Å²) in [5.74, 6) is 4.52.